The summed E-state index contributed by atoms with van der Waals surface area (Å²) in [6.07, 6.45) is 1.63. The number of nitrogens with two attached hydrogens (primary N) is 1. The molecule has 3 N–H and O–H groups in total. The van der Waals surface area contributed by atoms with Gasteiger partial charge in [-0.25, -0.2) is 9.97 Å². The lowest BCUT2D eigenvalue weighted by Gasteiger charge is -2.05. The number of rotatable bonds is 4. The number of carbonyl (C=O) groups is 1. The molecule has 0 radical (unpaired) electrons. The minimum absolute atomic E-state index is 0.147. The molecule has 0 aliphatic heterocycles. The van der Waals surface area contributed by atoms with Crippen LogP contribution in [0.15, 0.2) is 84.0 Å². The number of nitrogens with one attached hydrogen (secondary N) is 1. The first-order chi connectivity index (χ1) is 15.6. The van der Waals surface area contributed by atoms with E-state index in [9.17, 15) is 4.79 Å². The summed E-state index contributed by atoms with van der Waals surface area (Å²) in [4.78, 5) is 22.5. The lowest BCUT2D eigenvalue weighted by Crippen LogP contribution is -2.14. The molecule has 1 amide bonds. The Hall–Kier alpha value is -4.23. The van der Waals surface area contributed by atoms with Gasteiger partial charge >= 0.3 is 0 Å². The average Bonchev–Trinajstić information content (AvgIpc) is 3.08. The van der Waals surface area contributed by atoms with Gasteiger partial charge in [-0.15, -0.1) is 0 Å². The van der Waals surface area contributed by atoms with Crippen molar-refractivity contribution in [2.24, 2.45) is 5.10 Å². The summed E-state index contributed by atoms with van der Waals surface area (Å²) in [5.74, 6) is -0.238. The van der Waals surface area contributed by atoms with Gasteiger partial charge in [-0.3, -0.25) is 4.79 Å². The first-order valence-electron chi connectivity index (χ1n) is 9.83. The van der Waals surface area contributed by atoms with Gasteiger partial charge in [0.15, 0.2) is 5.65 Å². The molecule has 0 spiro atoms. The molecule has 0 aliphatic rings. The Bertz CT molecular complexity index is 1480. The molecule has 0 saturated heterocycles. The zero-order chi connectivity index (χ0) is 22.1. The van der Waals surface area contributed by atoms with Crippen molar-refractivity contribution in [3.8, 4) is 0 Å². The van der Waals surface area contributed by atoms with Crippen molar-refractivity contribution in [1.82, 2.24) is 14.6 Å². The molecular formula is C24H17ClN6O. The van der Waals surface area contributed by atoms with E-state index in [-0.39, 0.29) is 17.3 Å². The van der Waals surface area contributed by atoms with E-state index in [2.05, 4.69) is 20.4 Å². The highest BCUT2D eigenvalue weighted by Crippen LogP contribution is 2.28. The third-order valence-corrected chi connectivity index (χ3v) is 5.18. The maximum Gasteiger partial charge on any atom is 0.261 e. The minimum Gasteiger partial charge on any atom is -0.383 e. The molecule has 32 heavy (non-hydrogen) atoms. The van der Waals surface area contributed by atoms with Crippen molar-refractivity contribution in [3.05, 3.63) is 95.0 Å². The summed E-state index contributed by atoms with van der Waals surface area (Å²) < 4.78 is 1.43. The van der Waals surface area contributed by atoms with Crippen molar-refractivity contribution in [2.75, 3.05) is 11.1 Å². The van der Waals surface area contributed by atoms with Crippen molar-refractivity contribution >= 4 is 57.4 Å². The first-order valence-corrected chi connectivity index (χ1v) is 10.2. The molecule has 0 aliphatic carbocycles. The van der Waals surface area contributed by atoms with Crippen molar-refractivity contribution in [3.63, 3.8) is 0 Å². The monoisotopic (exact) mass is 440 g/mol. The summed E-state index contributed by atoms with van der Waals surface area (Å²) in [7, 11) is 0. The first kappa shape index (κ1) is 19.7. The van der Waals surface area contributed by atoms with Gasteiger partial charge in [-0.2, -0.15) is 9.78 Å². The van der Waals surface area contributed by atoms with Crippen molar-refractivity contribution in [2.45, 2.75) is 0 Å². The second-order valence-corrected chi connectivity index (χ2v) is 7.51. The van der Waals surface area contributed by atoms with Crippen molar-refractivity contribution in [1.29, 1.82) is 0 Å². The minimum atomic E-state index is -0.385. The zero-order valence-corrected chi connectivity index (χ0v) is 17.5. The summed E-state index contributed by atoms with van der Waals surface area (Å²) >= 11 is 5.96. The zero-order valence-electron chi connectivity index (χ0n) is 16.7. The van der Waals surface area contributed by atoms with Crippen LogP contribution in [0.5, 0.6) is 0 Å². The van der Waals surface area contributed by atoms with Crippen LogP contribution in [0.2, 0.25) is 5.02 Å². The molecule has 0 unspecified atom stereocenters. The molecule has 0 fully saturated rings. The van der Waals surface area contributed by atoms with E-state index in [0.29, 0.717) is 32.9 Å². The number of nitrogen functional groups attached to an aromatic ring is 1. The number of hydrogen-bond donors (Lipinski definition) is 2. The Balaban J connectivity index is 1.67. The highest BCUT2D eigenvalue weighted by Gasteiger charge is 2.24. The normalized spacial score (nSPS) is 11.4. The lowest BCUT2D eigenvalue weighted by atomic mass is 10.2. The predicted molar refractivity (Wildman–Crippen MR) is 128 cm³/mol. The molecule has 7 nitrogen and oxygen atoms in total. The van der Waals surface area contributed by atoms with Gasteiger partial charge in [0.05, 0.1) is 17.2 Å². The van der Waals surface area contributed by atoms with E-state index >= 15 is 0 Å². The number of anilines is 2. The standard InChI is InChI=1S/C24H17ClN6O/c25-16-12-10-15(11-13-16)14-27-31-22(26)20(24(32)28-17-6-2-1-3-7-17)21-23(31)30-19-9-5-4-8-18(19)29-21/h1-14H,26H2,(H,28,32). The fraction of sp³-hybridized carbons (Fsp3) is 0. The van der Waals surface area contributed by atoms with E-state index in [0.717, 1.165) is 5.56 Å². The number of benzene rings is 3. The SMILES string of the molecule is Nc1c(C(=O)Nc2ccccc2)c2nc3ccccc3nc2n1N=Cc1ccc(Cl)cc1. The number of halogens is 1. The van der Waals surface area contributed by atoms with E-state index in [1.54, 1.807) is 30.5 Å². The summed E-state index contributed by atoms with van der Waals surface area (Å²) in [6, 6.07) is 23.8. The number of amides is 1. The van der Waals surface area contributed by atoms with Crippen LogP contribution in [-0.2, 0) is 0 Å². The highest BCUT2D eigenvalue weighted by molar-refractivity contribution is 6.30. The number of carbonyl (C=O) groups excluding carboxylic acids is 1. The molecular weight excluding hydrogens is 424 g/mol. The Kier molecular flexibility index (Phi) is 5.01. The molecule has 2 heterocycles. The molecule has 5 aromatic rings. The largest absolute Gasteiger partial charge is 0.383 e. The molecule has 8 heteroatoms. The number of hydrogen-bond acceptors (Lipinski definition) is 5. The summed E-state index contributed by atoms with van der Waals surface area (Å²) in [5.41, 5.74) is 10.2. The Morgan fingerprint density at radius 2 is 1.59 bits per heavy atom. The maximum absolute atomic E-state index is 13.2. The van der Waals surface area contributed by atoms with Gasteiger partial charge in [-0.05, 0) is 42.0 Å². The fourth-order valence-electron chi connectivity index (χ4n) is 3.38. The number of fused-ring (bicyclic) bond motifs is 2. The number of nitrogens with zero attached hydrogens (tertiary/aromatic N) is 4. The Morgan fingerprint density at radius 1 is 0.938 bits per heavy atom. The second kappa shape index (κ2) is 8.13. The van der Waals surface area contributed by atoms with Gasteiger partial charge in [0, 0.05) is 10.7 Å². The highest BCUT2D eigenvalue weighted by atomic mass is 35.5. The summed E-state index contributed by atoms with van der Waals surface area (Å²) in [5, 5.41) is 7.99. The predicted octanol–water partition coefficient (Wildman–Crippen LogP) is 4.95. The number of para-hydroxylation sites is 3. The van der Waals surface area contributed by atoms with E-state index in [1.165, 1.54) is 4.68 Å². The Labute approximate surface area is 188 Å². The van der Waals surface area contributed by atoms with E-state index < -0.39 is 0 Å². The summed E-state index contributed by atoms with van der Waals surface area (Å²) in [6.45, 7) is 0. The maximum atomic E-state index is 13.2. The van der Waals surface area contributed by atoms with Crippen LogP contribution in [0, 0.1) is 0 Å². The van der Waals surface area contributed by atoms with Gasteiger partial charge in [-0.1, -0.05) is 54.1 Å². The van der Waals surface area contributed by atoms with Crippen LogP contribution in [0.25, 0.3) is 22.2 Å². The van der Waals surface area contributed by atoms with Gasteiger partial charge in [0.2, 0.25) is 0 Å². The van der Waals surface area contributed by atoms with Crippen LogP contribution in [-0.4, -0.2) is 26.8 Å². The van der Waals surface area contributed by atoms with Gasteiger partial charge in [0.25, 0.3) is 5.91 Å². The van der Waals surface area contributed by atoms with Crippen LogP contribution >= 0.6 is 11.6 Å². The second-order valence-electron chi connectivity index (χ2n) is 7.07. The molecule has 2 aromatic heterocycles. The molecule has 156 valence electrons. The van der Waals surface area contributed by atoms with E-state index in [4.69, 9.17) is 17.3 Å². The molecule has 5 rings (SSSR count). The smallest absolute Gasteiger partial charge is 0.261 e. The van der Waals surface area contributed by atoms with Crippen LogP contribution in [0.3, 0.4) is 0 Å². The lowest BCUT2D eigenvalue weighted by molar-refractivity contribution is 0.102. The van der Waals surface area contributed by atoms with Gasteiger partial charge in [0.1, 0.15) is 16.9 Å². The quantitative estimate of drug-likeness (QED) is 0.386. The topological polar surface area (TPSA) is 98.2 Å². The Morgan fingerprint density at radius 3 is 2.31 bits per heavy atom. The van der Waals surface area contributed by atoms with Crippen LogP contribution in [0.1, 0.15) is 15.9 Å². The van der Waals surface area contributed by atoms with Crippen LogP contribution < -0.4 is 11.1 Å². The molecule has 0 atom stereocenters. The molecule has 0 bridgehead atoms. The third kappa shape index (κ3) is 3.66. The van der Waals surface area contributed by atoms with Crippen LogP contribution in [0.4, 0.5) is 11.5 Å². The van der Waals surface area contributed by atoms with Gasteiger partial charge < -0.3 is 11.1 Å². The van der Waals surface area contributed by atoms with Crippen molar-refractivity contribution < 1.29 is 4.79 Å². The average molecular weight is 441 g/mol. The fourth-order valence-corrected chi connectivity index (χ4v) is 3.50. The number of aromatic nitrogens is 3. The molecule has 3 aromatic carbocycles. The third-order valence-electron chi connectivity index (χ3n) is 4.92. The molecule has 0 saturated carbocycles. The van der Waals surface area contributed by atoms with E-state index in [1.807, 2.05) is 54.6 Å².